The van der Waals surface area contributed by atoms with Gasteiger partial charge in [-0.05, 0) is 14.0 Å². The Balaban J connectivity index is 4.19. The number of hydrogen-bond donors (Lipinski definition) is 2. The maximum absolute atomic E-state index is 11.4. The first-order chi connectivity index (χ1) is 6.50. The van der Waals surface area contributed by atoms with E-state index in [1.807, 2.05) is 6.92 Å². The first-order valence-electron chi connectivity index (χ1n) is 4.50. The van der Waals surface area contributed by atoms with Gasteiger partial charge in [0.15, 0.2) is 0 Å². The Hall–Kier alpha value is -0.260. The number of esters is 1. The normalized spacial score (nSPS) is 17.2. The Kier molecular flexibility index (Phi) is 6.15. The molecule has 0 amide bonds. The van der Waals surface area contributed by atoms with E-state index >= 15 is 0 Å². The third kappa shape index (κ3) is 3.86. The highest BCUT2D eigenvalue weighted by Gasteiger charge is 2.32. The molecule has 0 fully saturated rings. The van der Waals surface area contributed by atoms with Crippen molar-refractivity contribution in [3.8, 4) is 0 Å². The van der Waals surface area contributed by atoms with E-state index in [9.17, 15) is 4.79 Å². The molecule has 4 nitrogen and oxygen atoms in total. The number of aliphatic hydroxyl groups excluding tert-OH is 1. The van der Waals surface area contributed by atoms with Gasteiger partial charge in [0.25, 0.3) is 0 Å². The van der Waals surface area contributed by atoms with Crippen LogP contribution in [-0.2, 0) is 9.53 Å². The van der Waals surface area contributed by atoms with Crippen LogP contribution >= 0.6 is 11.8 Å². The van der Waals surface area contributed by atoms with Crippen LogP contribution in [-0.4, -0.2) is 48.4 Å². The standard InChI is InChI=1S/C9H19NO3S/c1-7(5-11)14-6-9(2,10-3)8(12)13-4/h7,10-11H,5-6H2,1-4H3. The molecule has 2 N–H and O–H groups in total. The summed E-state index contributed by atoms with van der Waals surface area (Å²) in [7, 11) is 3.10. The molecule has 0 aromatic heterocycles. The fraction of sp³-hybridized carbons (Fsp3) is 0.889. The number of likely N-dealkylation sites (N-methyl/N-ethyl adjacent to an activating group) is 1. The predicted molar refractivity (Wildman–Crippen MR) is 58.5 cm³/mol. The number of rotatable bonds is 6. The molecular formula is C9H19NO3S. The van der Waals surface area contributed by atoms with Crippen LogP contribution in [0.15, 0.2) is 0 Å². The van der Waals surface area contributed by atoms with Gasteiger partial charge in [-0.15, -0.1) is 0 Å². The number of carbonyl (C=O) groups is 1. The van der Waals surface area contributed by atoms with E-state index in [1.165, 1.54) is 18.9 Å². The van der Waals surface area contributed by atoms with Gasteiger partial charge in [-0.2, -0.15) is 11.8 Å². The second kappa shape index (κ2) is 6.27. The van der Waals surface area contributed by atoms with Crippen molar-refractivity contribution in [1.82, 2.24) is 5.32 Å². The number of ether oxygens (including phenoxy) is 1. The SMILES string of the molecule is CNC(C)(CSC(C)CO)C(=O)OC. The zero-order valence-corrected chi connectivity index (χ0v) is 9.98. The van der Waals surface area contributed by atoms with E-state index in [0.29, 0.717) is 5.75 Å². The molecule has 2 unspecified atom stereocenters. The van der Waals surface area contributed by atoms with E-state index in [-0.39, 0.29) is 17.8 Å². The van der Waals surface area contributed by atoms with Crippen LogP contribution < -0.4 is 5.32 Å². The number of thioether (sulfide) groups is 1. The number of hydrogen-bond acceptors (Lipinski definition) is 5. The highest BCUT2D eigenvalue weighted by atomic mass is 32.2. The van der Waals surface area contributed by atoms with Crippen LogP contribution in [0.5, 0.6) is 0 Å². The maximum atomic E-state index is 11.4. The summed E-state index contributed by atoms with van der Waals surface area (Å²) in [5.74, 6) is 0.301. The van der Waals surface area contributed by atoms with Crippen molar-refractivity contribution >= 4 is 17.7 Å². The molecular weight excluding hydrogens is 202 g/mol. The predicted octanol–water partition coefficient (Wildman–Crippen LogP) is 0.251. The molecule has 84 valence electrons. The first-order valence-corrected chi connectivity index (χ1v) is 5.55. The van der Waals surface area contributed by atoms with Crippen LogP contribution in [0.3, 0.4) is 0 Å². The van der Waals surface area contributed by atoms with Gasteiger partial charge < -0.3 is 15.2 Å². The second-order valence-electron chi connectivity index (χ2n) is 3.38. The molecule has 0 saturated heterocycles. The van der Waals surface area contributed by atoms with Crippen molar-refractivity contribution in [3.63, 3.8) is 0 Å². The lowest BCUT2D eigenvalue weighted by molar-refractivity contribution is -0.146. The van der Waals surface area contributed by atoms with Gasteiger partial charge in [0, 0.05) is 11.0 Å². The van der Waals surface area contributed by atoms with Crippen LogP contribution in [0.2, 0.25) is 0 Å². The molecule has 0 radical (unpaired) electrons. The Labute approximate surface area is 89.4 Å². The Morgan fingerprint density at radius 1 is 1.71 bits per heavy atom. The average Bonchev–Trinajstić information content (AvgIpc) is 2.23. The maximum Gasteiger partial charge on any atom is 0.326 e. The first kappa shape index (κ1) is 13.7. The molecule has 0 aliphatic heterocycles. The molecule has 0 aliphatic rings. The van der Waals surface area contributed by atoms with Crippen LogP contribution in [0.1, 0.15) is 13.8 Å². The topological polar surface area (TPSA) is 58.6 Å². The molecule has 0 aromatic rings. The van der Waals surface area contributed by atoms with Crippen LogP contribution in [0, 0.1) is 0 Å². The minimum atomic E-state index is -0.678. The summed E-state index contributed by atoms with van der Waals surface area (Å²) < 4.78 is 4.69. The highest BCUT2D eigenvalue weighted by Crippen LogP contribution is 2.18. The quantitative estimate of drug-likeness (QED) is 0.630. The summed E-state index contributed by atoms with van der Waals surface area (Å²) >= 11 is 1.54. The zero-order chi connectivity index (χ0) is 11.2. The molecule has 2 atom stereocenters. The third-order valence-corrected chi connectivity index (χ3v) is 3.56. The van der Waals surface area contributed by atoms with Crippen LogP contribution in [0.25, 0.3) is 0 Å². The molecule has 0 bridgehead atoms. The lowest BCUT2D eigenvalue weighted by Crippen LogP contribution is -2.50. The number of methoxy groups -OCH3 is 1. The van der Waals surface area contributed by atoms with Crippen molar-refractivity contribution in [2.24, 2.45) is 0 Å². The molecule has 14 heavy (non-hydrogen) atoms. The Bertz CT molecular complexity index is 189. The van der Waals surface area contributed by atoms with Gasteiger partial charge in [-0.1, -0.05) is 6.92 Å². The van der Waals surface area contributed by atoms with Crippen molar-refractivity contribution in [2.75, 3.05) is 26.5 Å². The second-order valence-corrected chi connectivity index (χ2v) is 4.80. The van der Waals surface area contributed by atoms with Gasteiger partial charge in [0.05, 0.1) is 13.7 Å². The number of carbonyl (C=O) groups excluding carboxylic acids is 1. The summed E-state index contributed by atoms with van der Waals surface area (Å²) in [6.07, 6.45) is 0. The number of aliphatic hydroxyl groups is 1. The fourth-order valence-corrected chi connectivity index (χ4v) is 1.81. The van der Waals surface area contributed by atoms with E-state index in [0.717, 1.165) is 0 Å². The van der Waals surface area contributed by atoms with Gasteiger partial charge in [-0.3, -0.25) is 4.79 Å². The van der Waals surface area contributed by atoms with E-state index in [2.05, 4.69) is 5.32 Å². The van der Waals surface area contributed by atoms with E-state index < -0.39 is 5.54 Å². The lowest BCUT2D eigenvalue weighted by atomic mass is 10.1. The number of nitrogens with one attached hydrogen (secondary N) is 1. The lowest BCUT2D eigenvalue weighted by Gasteiger charge is -2.26. The summed E-state index contributed by atoms with van der Waals surface area (Å²) in [5.41, 5.74) is -0.678. The van der Waals surface area contributed by atoms with Gasteiger partial charge in [-0.25, -0.2) is 0 Å². The van der Waals surface area contributed by atoms with Crippen molar-refractivity contribution in [3.05, 3.63) is 0 Å². The summed E-state index contributed by atoms with van der Waals surface area (Å²) in [5, 5.41) is 11.9. The third-order valence-electron chi connectivity index (χ3n) is 2.10. The van der Waals surface area contributed by atoms with Crippen molar-refractivity contribution in [1.29, 1.82) is 0 Å². The highest BCUT2D eigenvalue weighted by molar-refractivity contribution is 8.00. The van der Waals surface area contributed by atoms with Gasteiger partial charge in [0.2, 0.25) is 0 Å². The zero-order valence-electron chi connectivity index (χ0n) is 9.16. The molecule has 0 saturated carbocycles. The molecule has 0 heterocycles. The molecule has 0 aromatic carbocycles. The summed E-state index contributed by atoms with van der Waals surface area (Å²) in [6, 6.07) is 0. The molecule has 0 spiro atoms. The van der Waals surface area contributed by atoms with Crippen LogP contribution in [0.4, 0.5) is 0 Å². The minimum absolute atomic E-state index is 0.117. The molecule has 0 aliphatic carbocycles. The fourth-order valence-electron chi connectivity index (χ4n) is 0.820. The molecule has 0 rings (SSSR count). The van der Waals surface area contributed by atoms with Crippen molar-refractivity contribution < 1.29 is 14.6 Å². The average molecular weight is 221 g/mol. The Morgan fingerprint density at radius 3 is 2.64 bits per heavy atom. The summed E-state index contributed by atoms with van der Waals surface area (Å²) in [4.78, 5) is 11.4. The largest absolute Gasteiger partial charge is 0.468 e. The van der Waals surface area contributed by atoms with E-state index in [4.69, 9.17) is 9.84 Å². The van der Waals surface area contributed by atoms with Crippen molar-refractivity contribution in [2.45, 2.75) is 24.6 Å². The minimum Gasteiger partial charge on any atom is -0.468 e. The van der Waals surface area contributed by atoms with Gasteiger partial charge in [0.1, 0.15) is 5.54 Å². The molecule has 5 heteroatoms. The Morgan fingerprint density at radius 2 is 2.29 bits per heavy atom. The smallest absolute Gasteiger partial charge is 0.326 e. The monoisotopic (exact) mass is 221 g/mol. The van der Waals surface area contributed by atoms with Gasteiger partial charge >= 0.3 is 5.97 Å². The summed E-state index contributed by atoms with van der Waals surface area (Å²) in [6.45, 7) is 3.82. The van der Waals surface area contributed by atoms with E-state index in [1.54, 1.807) is 14.0 Å².